The van der Waals surface area contributed by atoms with Gasteiger partial charge in [-0.25, -0.2) is 0 Å². The summed E-state index contributed by atoms with van der Waals surface area (Å²) in [5, 5.41) is 10.5. The van der Waals surface area contributed by atoms with E-state index in [1.54, 1.807) is 0 Å². The standard InChI is InChI=1S/C11H21NO/c12-10-6-3-7-11(13,8-10)9-4-1-2-5-9/h9-10,13H,1-8,12H2. The smallest absolute Gasteiger partial charge is 0.0690 e. The summed E-state index contributed by atoms with van der Waals surface area (Å²) >= 11 is 0. The SMILES string of the molecule is NC1CCCC(O)(C2CCCC2)C1. The van der Waals surface area contributed by atoms with Gasteiger partial charge in [0.1, 0.15) is 0 Å². The predicted molar refractivity (Wildman–Crippen MR) is 53.4 cm³/mol. The van der Waals surface area contributed by atoms with E-state index in [1.807, 2.05) is 0 Å². The Bertz CT molecular complexity index is 177. The van der Waals surface area contributed by atoms with Crippen LogP contribution in [0.1, 0.15) is 51.4 Å². The van der Waals surface area contributed by atoms with Crippen LogP contribution in [0, 0.1) is 5.92 Å². The fourth-order valence-electron chi connectivity index (χ4n) is 3.16. The minimum absolute atomic E-state index is 0.249. The largest absolute Gasteiger partial charge is 0.390 e. The summed E-state index contributed by atoms with van der Waals surface area (Å²) in [7, 11) is 0. The zero-order chi connectivity index (χ0) is 9.31. The third-order valence-corrected chi connectivity index (χ3v) is 3.92. The summed E-state index contributed by atoms with van der Waals surface area (Å²) in [6.07, 6.45) is 9.13. The maximum atomic E-state index is 10.5. The molecule has 0 aromatic rings. The van der Waals surface area contributed by atoms with Crippen molar-refractivity contribution >= 4 is 0 Å². The van der Waals surface area contributed by atoms with Crippen LogP contribution < -0.4 is 5.73 Å². The van der Waals surface area contributed by atoms with Crippen LogP contribution >= 0.6 is 0 Å². The van der Waals surface area contributed by atoms with Crippen molar-refractivity contribution in [3.63, 3.8) is 0 Å². The van der Waals surface area contributed by atoms with Gasteiger partial charge in [-0.1, -0.05) is 12.8 Å². The van der Waals surface area contributed by atoms with Crippen LogP contribution in [0.2, 0.25) is 0 Å². The second kappa shape index (κ2) is 3.58. The van der Waals surface area contributed by atoms with Crippen molar-refractivity contribution in [1.29, 1.82) is 0 Å². The molecule has 76 valence electrons. The van der Waals surface area contributed by atoms with E-state index >= 15 is 0 Å². The predicted octanol–water partition coefficient (Wildman–Crippen LogP) is 1.81. The van der Waals surface area contributed by atoms with E-state index < -0.39 is 5.60 Å². The van der Waals surface area contributed by atoms with Crippen LogP contribution in [0.3, 0.4) is 0 Å². The normalized spacial score (nSPS) is 42.5. The molecule has 0 amide bonds. The Morgan fingerprint density at radius 3 is 2.38 bits per heavy atom. The fourth-order valence-corrected chi connectivity index (χ4v) is 3.16. The molecule has 2 nitrogen and oxygen atoms in total. The molecular weight excluding hydrogens is 162 g/mol. The third-order valence-electron chi connectivity index (χ3n) is 3.92. The van der Waals surface area contributed by atoms with Gasteiger partial charge >= 0.3 is 0 Å². The first kappa shape index (κ1) is 9.47. The monoisotopic (exact) mass is 183 g/mol. The molecule has 0 aromatic heterocycles. The highest BCUT2D eigenvalue weighted by Crippen LogP contribution is 2.42. The van der Waals surface area contributed by atoms with E-state index in [4.69, 9.17) is 5.73 Å². The van der Waals surface area contributed by atoms with Crippen molar-refractivity contribution in [1.82, 2.24) is 0 Å². The average molecular weight is 183 g/mol. The van der Waals surface area contributed by atoms with Gasteiger partial charge in [0, 0.05) is 6.04 Å². The lowest BCUT2D eigenvalue weighted by Crippen LogP contribution is -2.45. The molecule has 2 rings (SSSR count). The lowest BCUT2D eigenvalue weighted by molar-refractivity contribution is -0.0520. The lowest BCUT2D eigenvalue weighted by Gasteiger charge is -2.40. The van der Waals surface area contributed by atoms with Crippen molar-refractivity contribution in [2.75, 3.05) is 0 Å². The van der Waals surface area contributed by atoms with E-state index in [0.717, 1.165) is 25.7 Å². The molecule has 2 atom stereocenters. The maximum absolute atomic E-state index is 10.5. The molecule has 2 aliphatic carbocycles. The minimum Gasteiger partial charge on any atom is -0.390 e. The number of hydrogen-bond acceptors (Lipinski definition) is 2. The first-order chi connectivity index (χ1) is 6.21. The van der Waals surface area contributed by atoms with Crippen LogP contribution in [0.5, 0.6) is 0 Å². The zero-order valence-electron chi connectivity index (χ0n) is 8.34. The van der Waals surface area contributed by atoms with Gasteiger partial charge in [-0.15, -0.1) is 0 Å². The van der Waals surface area contributed by atoms with Crippen molar-refractivity contribution in [3.8, 4) is 0 Å². The Morgan fingerprint density at radius 2 is 1.77 bits per heavy atom. The number of rotatable bonds is 1. The molecule has 0 saturated heterocycles. The van der Waals surface area contributed by atoms with Crippen LogP contribution in [0.4, 0.5) is 0 Å². The summed E-state index contributed by atoms with van der Waals surface area (Å²) in [6.45, 7) is 0. The molecule has 2 heteroatoms. The quantitative estimate of drug-likeness (QED) is 0.651. The van der Waals surface area contributed by atoms with E-state index in [9.17, 15) is 5.11 Å². The molecule has 0 heterocycles. The highest BCUT2D eigenvalue weighted by molar-refractivity contribution is 4.94. The van der Waals surface area contributed by atoms with Crippen LogP contribution in [0.25, 0.3) is 0 Å². The lowest BCUT2D eigenvalue weighted by atomic mass is 9.73. The molecule has 0 aliphatic heterocycles. The molecule has 2 aliphatic rings. The summed E-state index contributed by atoms with van der Waals surface area (Å²) in [5.74, 6) is 0.554. The Labute approximate surface area is 80.5 Å². The molecule has 0 aromatic carbocycles. The van der Waals surface area contributed by atoms with E-state index in [-0.39, 0.29) is 6.04 Å². The molecule has 2 fully saturated rings. The summed E-state index contributed by atoms with van der Waals surface area (Å²) in [6, 6.07) is 0.249. The van der Waals surface area contributed by atoms with E-state index in [2.05, 4.69) is 0 Å². The summed E-state index contributed by atoms with van der Waals surface area (Å²) in [5.41, 5.74) is 5.52. The van der Waals surface area contributed by atoms with Crippen LogP contribution in [0.15, 0.2) is 0 Å². The van der Waals surface area contributed by atoms with Gasteiger partial charge < -0.3 is 10.8 Å². The molecule has 2 unspecified atom stereocenters. The second-order valence-corrected chi connectivity index (χ2v) is 4.94. The molecule has 3 N–H and O–H groups in total. The average Bonchev–Trinajstić information content (AvgIpc) is 2.55. The van der Waals surface area contributed by atoms with Crippen molar-refractivity contribution < 1.29 is 5.11 Å². The molecular formula is C11H21NO. The van der Waals surface area contributed by atoms with Gasteiger partial charge in [0.2, 0.25) is 0 Å². The second-order valence-electron chi connectivity index (χ2n) is 4.94. The number of hydrogen-bond donors (Lipinski definition) is 2. The maximum Gasteiger partial charge on any atom is 0.0690 e. The van der Waals surface area contributed by atoms with E-state index in [0.29, 0.717) is 5.92 Å². The van der Waals surface area contributed by atoms with Crippen molar-refractivity contribution in [2.45, 2.75) is 63.0 Å². The van der Waals surface area contributed by atoms with Crippen LogP contribution in [-0.4, -0.2) is 16.7 Å². The van der Waals surface area contributed by atoms with Crippen molar-refractivity contribution in [3.05, 3.63) is 0 Å². The molecule has 0 bridgehead atoms. The third kappa shape index (κ3) is 1.89. The molecule has 0 radical (unpaired) electrons. The number of aliphatic hydroxyl groups is 1. The molecule has 13 heavy (non-hydrogen) atoms. The Balaban J connectivity index is 2.00. The van der Waals surface area contributed by atoms with Gasteiger partial charge in [0.25, 0.3) is 0 Å². The summed E-state index contributed by atoms with van der Waals surface area (Å²) < 4.78 is 0. The first-order valence-electron chi connectivity index (χ1n) is 5.69. The van der Waals surface area contributed by atoms with Gasteiger partial charge in [-0.3, -0.25) is 0 Å². The van der Waals surface area contributed by atoms with Crippen molar-refractivity contribution in [2.24, 2.45) is 11.7 Å². The number of nitrogens with two attached hydrogens (primary N) is 1. The molecule has 0 spiro atoms. The Kier molecular flexibility index (Phi) is 2.61. The van der Waals surface area contributed by atoms with E-state index in [1.165, 1.54) is 25.7 Å². The fraction of sp³-hybridized carbons (Fsp3) is 1.00. The minimum atomic E-state index is -0.395. The zero-order valence-corrected chi connectivity index (χ0v) is 8.34. The van der Waals surface area contributed by atoms with Crippen LogP contribution in [-0.2, 0) is 0 Å². The topological polar surface area (TPSA) is 46.2 Å². The highest BCUT2D eigenvalue weighted by atomic mass is 16.3. The van der Waals surface area contributed by atoms with Gasteiger partial charge in [-0.2, -0.15) is 0 Å². The Hall–Kier alpha value is -0.0800. The molecule has 2 saturated carbocycles. The van der Waals surface area contributed by atoms with Gasteiger partial charge in [-0.05, 0) is 44.4 Å². The van der Waals surface area contributed by atoms with Gasteiger partial charge in [0.15, 0.2) is 0 Å². The highest BCUT2D eigenvalue weighted by Gasteiger charge is 2.40. The first-order valence-corrected chi connectivity index (χ1v) is 5.69. The Morgan fingerprint density at radius 1 is 1.08 bits per heavy atom. The summed E-state index contributed by atoms with van der Waals surface area (Å²) in [4.78, 5) is 0. The van der Waals surface area contributed by atoms with Gasteiger partial charge in [0.05, 0.1) is 5.60 Å².